The molecule has 0 saturated heterocycles. The average molecular weight is 264 g/mol. The van der Waals surface area contributed by atoms with Crippen molar-refractivity contribution >= 4 is 29.2 Å². The van der Waals surface area contributed by atoms with Crippen molar-refractivity contribution < 1.29 is 4.79 Å². The molecular weight excluding hydrogens is 250 g/mol. The van der Waals surface area contributed by atoms with E-state index in [-0.39, 0.29) is 11.9 Å². The van der Waals surface area contributed by atoms with Crippen LogP contribution in [0.15, 0.2) is 30.5 Å². The maximum Gasteiger partial charge on any atom is 0.244 e. The van der Waals surface area contributed by atoms with Gasteiger partial charge in [0.2, 0.25) is 5.91 Å². The summed E-state index contributed by atoms with van der Waals surface area (Å²) in [5.74, 6) is -0.146. The van der Waals surface area contributed by atoms with Gasteiger partial charge in [-0.25, -0.2) is 4.98 Å². The van der Waals surface area contributed by atoms with Crippen LogP contribution >= 0.6 is 11.6 Å². The first-order chi connectivity index (χ1) is 8.58. The molecule has 0 radical (unpaired) electrons. The maximum atomic E-state index is 11.5. The number of carbonyl (C=O) groups excluding carboxylic acids is 1. The number of amides is 1. The largest absolute Gasteiger partial charge is 0.350 e. The summed E-state index contributed by atoms with van der Waals surface area (Å²) in [6, 6.07) is 5.74. The third-order valence-electron chi connectivity index (χ3n) is 2.35. The monoisotopic (exact) mass is 263 g/mol. The first-order valence-electron chi connectivity index (χ1n) is 5.69. The van der Waals surface area contributed by atoms with Gasteiger partial charge in [0.15, 0.2) is 5.15 Å². The van der Waals surface area contributed by atoms with Crippen LogP contribution in [0.1, 0.15) is 19.5 Å². The number of nitrogens with zero attached hydrogens (tertiary/aromatic N) is 2. The van der Waals surface area contributed by atoms with Gasteiger partial charge in [-0.15, -0.1) is 0 Å². The van der Waals surface area contributed by atoms with Crippen LogP contribution < -0.4 is 5.32 Å². The van der Waals surface area contributed by atoms with Gasteiger partial charge >= 0.3 is 0 Å². The molecular formula is C13H14ClN3O. The van der Waals surface area contributed by atoms with Crippen LogP contribution in [0.5, 0.6) is 0 Å². The van der Waals surface area contributed by atoms with Gasteiger partial charge in [-0.3, -0.25) is 9.20 Å². The summed E-state index contributed by atoms with van der Waals surface area (Å²) in [6.45, 7) is 3.82. The van der Waals surface area contributed by atoms with Crippen LogP contribution in [-0.2, 0) is 4.79 Å². The van der Waals surface area contributed by atoms with Gasteiger partial charge in [-0.2, -0.15) is 0 Å². The fraction of sp³-hybridized carbons (Fsp3) is 0.231. The zero-order chi connectivity index (χ0) is 13.1. The lowest BCUT2D eigenvalue weighted by Gasteiger charge is -2.04. The number of aromatic nitrogens is 2. The molecule has 0 aliphatic heterocycles. The molecule has 5 heteroatoms. The van der Waals surface area contributed by atoms with E-state index in [0.29, 0.717) is 10.8 Å². The maximum absolute atomic E-state index is 11.5. The highest BCUT2D eigenvalue weighted by molar-refractivity contribution is 6.31. The SMILES string of the molecule is CC(C)NC(=O)/C=C/c1c(Cl)nc2ccccn12. The quantitative estimate of drug-likeness (QED) is 0.865. The summed E-state index contributed by atoms with van der Waals surface area (Å²) >= 11 is 6.04. The third-order valence-corrected chi connectivity index (χ3v) is 2.62. The van der Waals surface area contributed by atoms with Crippen LogP contribution in [0, 0.1) is 0 Å². The third kappa shape index (κ3) is 2.71. The Balaban J connectivity index is 2.29. The first-order valence-corrected chi connectivity index (χ1v) is 6.07. The normalized spacial score (nSPS) is 11.6. The van der Waals surface area contributed by atoms with Crippen molar-refractivity contribution in [2.75, 3.05) is 0 Å². The Bertz CT molecular complexity index is 601. The first kappa shape index (κ1) is 12.6. The van der Waals surface area contributed by atoms with E-state index in [1.807, 2.05) is 42.6 Å². The van der Waals surface area contributed by atoms with Gasteiger partial charge < -0.3 is 5.32 Å². The second-order valence-corrected chi connectivity index (χ2v) is 4.57. The molecule has 2 rings (SSSR count). The molecule has 0 spiro atoms. The molecule has 1 N–H and O–H groups in total. The van der Waals surface area contributed by atoms with Crippen LogP contribution in [-0.4, -0.2) is 21.3 Å². The summed E-state index contributed by atoms with van der Waals surface area (Å²) in [4.78, 5) is 15.7. The van der Waals surface area contributed by atoms with Crippen molar-refractivity contribution in [2.24, 2.45) is 0 Å². The van der Waals surface area contributed by atoms with Gasteiger partial charge in [0, 0.05) is 18.3 Å². The molecule has 1 amide bonds. The lowest BCUT2D eigenvalue weighted by molar-refractivity contribution is -0.116. The Morgan fingerprint density at radius 2 is 2.28 bits per heavy atom. The fourth-order valence-electron chi connectivity index (χ4n) is 1.62. The lowest BCUT2D eigenvalue weighted by atomic mass is 10.3. The number of pyridine rings is 1. The Hall–Kier alpha value is -1.81. The van der Waals surface area contributed by atoms with Crippen molar-refractivity contribution in [3.8, 4) is 0 Å². The zero-order valence-electron chi connectivity index (χ0n) is 10.2. The molecule has 0 aliphatic rings. The van der Waals surface area contributed by atoms with E-state index < -0.39 is 0 Å². The van der Waals surface area contributed by atoms with Crippen molar-refractivity contribution in [2.45, 2.75) is 19.9 Å². The molecule has 2 heterocycles. The highest BCUT2D eigenvalue weighted by Gasteiger charge is 2.07. The fourth-order valence-corrected chi connectivity index (χ4v) is 1.86. The molecule has 0 atom stereocenters. The average Bonchev–Trinajstić information content (AvgIpc) is 2.61. The van der Waals surface area contributed by atoms with Gasteiger partial charge in [0.05, 0.1) is 5.69 Å². The van der Waals surface area contributed by atoms with E-state index in [2.05, 4.69) is 10.3 Å². The van der Waals surface area contributed by atoms with E-state index >= 15 is 0 Å². The minimum atomic E-state index is -0.146. The number of imidazole rings is 1. The second kappa shape index (κ2) is 5.23. The van der Waals surface area contributed by atoms with E-state index in [9.17, 15) is 4.79 Å². The molecule has 0 unspecified atom stereocenters. The molecule has 94 valence electrons. The number of rotatable bonds is 3. The standard InChI is InChI=1S/C13H14ClN3O/c1-9(2)15-12(18)7-6-10-13(14)16-11-5-3-4-8-17(10)11/h3-9H,1-2H3,(H,15,18)/b7-6+. The van der Waals surface area contributed by atoms with Crippen molar-refractivity contribution in [1.82, 2.24) is 14.7 Å². The van der Waals surface area contributed by atoms with Crippen LogP contribution in [0.2, 0.25) is 5.15 Å². The zero-order valence-corrected chi connectivity index (χ0v) is 11.0. The van der Waals surface area contributed by atoms with Gasteiger partial charge in [0.25, 0.3) is 0 Å². The number of carbonyl (C=O) groups is 1. The summed E-state index contributed by atoms with van der Waals surface area (Å²) in [7, 11) is 0. The molecule has 4 nitrogen and oxygen atoms in total. The minimum Gasteiger partial charge on any atom is -0.350 e. The van der Waals surface area contributed by atoms with Crippen LogP contribution in [0.4, 0.5) is 0 Å². The highest BCUT2D eigenvalue weighted by Crippen LogP contribution is 2.18. The predicted molar refractivity (Wildman–Crippen MR) is 72.5 cm³/mol. The number of fused-ring (bicyclic) bond motifs is 1. The Morgan fingerprint density at radius 3 is 3.00 bits per heavy atom. The molecule has 0 saturated carbocycles. The number of hydrogen-bond donors (Lipinski definition) is 1. The van der Waals surface area contributed by atoms with Crippen molar-refractivity contribution in [3.63, 3.8) is 0 Å². The minimum absolute atomic E-state index is 0.111. The van der Waals surface area contributed by atoms with Crippen LogP contribution in [0.3, 0.4) is 0 Å². The van der Waals surface area contributed by atoms with E-state index in [4.69, 9.17) is 11.6 Å². The highest BCUT2D eigenvalue weighted by atomic mass is 35.5. The molecule has 2 aromatic heterocycles. The second-order valence-electron chi connectivity index (χ2n) is 4.21. The molecule has 0 aromatic carbocycles. The molecule has 0 fully saturated rings. The molecule has 0 bridgehead atoms. The number of nitrogens with one attached hydrogen (secondary N) is 1. The Morgan fingerprint density at radius 1 is 1.50 bits per heavy atom. The summed E-state index contributed by atoms with van der Waals surface area (Å²) in [6.07, 6.45) is 4.98. The van der Waals surface area contributed by atoms with Crippen LogP contribution in [0.25, 0.3) is 11.7 Å². The van der Waals surface area contributed by atoms with Gasteiger partial charge in [-0.05, 0) is 32.1 Å². The summed E-state index contributed by atoms with van der Waals surface area (Å²) in [5.41, 5.74) is 1.46. The molecule has 2 aromatic rings. The number of halogens is 1. The summed E-state index contributed by atoms with van der Waals surface area (Å²) < 4.78 is 1.83. The smallest absolute Gasteiger partial charge is 0.244 e. The van der Waals surface area contributed by atoms with E-state index in [0.717, 1.165) is 5.65 Å². The van der Waals surface area contributed by atoms with Crippen molar-refractivity contribution in [1.29, 1.82) is 0 Å². The van der Waals surface area contributed by atoms with Gasteiger partial charge in [-0.1, -0.05) is 17.7 Å². The predicted octanol–water partition coefficient (Wildman–Crippen LogP) is 2.53. The van der Waals surface area contributed by atoms with Crippen molar-refractivity contribution in [3.05, 3.63) is 41.3 Å². The summed E-state index contributed by atoms with van der Waals surface area (Å²) in [5, 5.41) is 3.16. The molecule has 18 heavy (non-hydrogen) atoms. The Labute approximate surface area is 110 Å². The topological polar surface area (TPSA) is 46.4 Å². The molecule has 0 aliphatic carbocycles. The Kier molecular flexibility index (Phi) is 3.67. The number of hydrogen-bond acceptors (Lipinski definition) is 2. The van der Waals surface area contributed by atoms with Gasteiger partial charge in [0.1, 0.15) is 5.65 Å². The lowest BCUT2D eigenvalue weighted by Crippen LogP contribution is -2.28. The van der Waals surface area contributed by atoms with E-state index in [1.54, 1.807) is 6.08 Å². The van der Waals surface area contributed by atoms with E-state index in [1.165, 1.54) is 6.08 Å².